The quantitative estimate of drug-likeness (QED) is 0.466. The van der Waals surface area contributed by atoms with Crippen molar-refractivity contribution in [1.82, 2.24) is 4.90 Å². The second-order valence-corrected chi connectivity index (χ2v) is 3.87. The van der Waals surface area contributed by atoms with Gasteiger partial charge in [0.05, 0.1) is 13.1 Å². The molecule has 0 bridgehead atoms. The fraction of sp³-hybridized carbons (Fsp3) is 0.778. The van der Waals surface area contributed by atoms with E-state index in [1.165, 1.54) is 0 Å². The summed E-state index contributed by atoms with van der Waals surface area (Å²) >= 11 is 0. The lowest BCUT2D eigenvalue weighted by atomic mass is 9.99. The first-order chi connectivity index (χ1) is 5.95. The van der Waals surface area contributed by atoms with E-state index in [1.54, 1.807) is 0 Å². The topological polar surface area (TPSA) is 46.6 Å². The minimum atomic E-state index is -0.447. The zero-order chi connectivity index (χ0) is 10.1. The van der Waals surface area contributed by atoms with Crippen molar-refractivity contribution in [2.45, 2.75) is 32.7 Å². The lowest BCUT2D eigenvalue weighted by molar-refractivity contribution is -0.169. The van der Waals surface area contributed by atoms with E-state index in [-0.39, 0.29) is 18.6 Å². The molecule has 0 aliphatic carbocycles. The van der Waals surface area contributed by atoms with Crippen LogP contribution >= 0.6 is 0 Å². The molecule has 4 heteroatoms. The maximum atomic E-state index is 11.0. The number of hydrogen-bond donors (Lipinski definition) is 0. The highest BCUT2D eigenvalue weighted by molar-refractivity contribution is 5.90. The van der Waals surface area contributed by atoms with Crippen molar-refractivity contribution in [3.8, 4) is 0 Å². The van der Waals surface area contributed by atoms with E-state index < -0.39 is 11.9 Å². The molecule has 0 aromatic carbocycles. The maximum absolute atomic E-state index is 11.0. The van der Waals surface area contributed by atoms with Crippen LogP contribution in [-0.2, 0) is 14.3 Å². The normalized spacial score (nSPS) is 20.2. The molecule has 1 aliphatic rings. The largest absolute Gasteiger partial charge is 0.391 e. The van der Waals surface area contributed by atoms with Crippen LogP contribution in [0.1, 0.15) is 27.2 Å². The van der Waals surface area contributed by atoms with Gasteiger partial charge in [0.15, 0.2) is 0 Å². The lowest BCUT2D eigenvalue weighted by Crippen LogP contribution is -2.53. The molecule has 4 nitrogen and oxygen atoms in total. The Morgan fingerprint density at radius 2 is 1.77 bits per heavy atom. The first kappa shape index (κ1) is 10.2. The molecule has 1 aliphatic heterocycles. The highest BCUT2D eigenvalue weighted by atomic mass is 16.6. The average Bonchev–Trinajstić information content (AvgIpc) is 2.02. The van der Waals surface area contributed by atoms with Crippen LogP contribution in [0.3, 0.4) is 0 Å². The summed E-state index contributed by atoms with van der Waals surface area (Å²) in [6.07, 6.45) is 0.896. The minimum absolute atomic E-state index is 0.116. The van der Waals surface area contributed by atoms with Crippen LogP contribution in [0.15, 0.2) is 0 Å². The summed E-state index contributed by atoms with van der Waals surface area (Å²) in [6.45, 7) is 6.49. The van der Waals surface area contributed by atoms with Crippen molar-refractivity contribution >= 4 is 11.9 Å². The van der Waals surface area contributed by atoms with E-state index in [0.29, 0.717) is 0 Å². The number of nitrogens with zero attached hydrogens (tertiary/aromatic N) is 1. The molecule has 1 saturated heterocycles. The number of carbonyl (C=O) groups excluding carboxylic acids is 2. The van der Waals surface area contributed by atoms with Crippen molar-refractivity contribution < 1.29 is 14.3 Å². The highest BCUT2D eigenvalue weighted by Crippen LogP contribution is 2.19. The number of ether oxygens (including phenoxy) is 1. The summed E-state index contributed by atoms with van der Waals surface area (Å²) in [5.74, 6) is -0.893. The molecule has 13 heavy (non-hydrogen) atoms. The van der Waals surface area contributed by atoms with Crippen molar-refractivity contribution in [3.05, 3.63) is 0 Å². The number of hydrogen-bond acceptors (Lipinski definition) is 4. The molecule has 0 amide bonds. The van der Waals surface area contributed by atoms with Gasteiger partial charge in [-0.2, -0.15) is 0 Å². The molecule has 0 atom stereocenters. The van der Waals surface area contributed by atoms with Gasteiger partial charge in [-0.05, 0) is 20.3 Å². The fourth-order valence-electron chi connectivity index (χ4n) is 1.21. The van der Waals surface area contributed by atoms with Crippen molar-refractivity contribution in [3.63, 3.8) is 0 Å². The van der Waals surface area contributed by atoms with Crippen LogP contribution in [-0.4, -0.2) is 35.5 Å². The van der Waals surface area contributed by atoms with Crippen molar-refractivity contribution in [2.24, 2.45) is 0 Å². The van der Waals surface area contributed by atoms with Crippen LogP contribution in [0.2, 0.25) is 0 Å². The molecule has 1 fully saturated rings. The smallest absolute Gasteiger partial charge is 0.327 e. The summed E-state index contributed by atoms with van der Waals surface area (Å²) in [7, 11) is 0. The molecule has 0 radical (unpaired) electrons. The Labute approximate surface area is 77.8 Å². The number of rotatable bonds is 2. The molecule has 74 valence electrons. The van der Waals surface area contributed by atoms with Crippen LogP contribution in [0.25, 0.3) is 0 Å². The highest BCUT2D eigenvalue weighted by Gasteiger charge is 2.33. The monoisotopic (exact) mass is 185 g/mol. The number of morpholine rings is 1. The zero-order valence-corrected chi connectivity index (χ0v) is 8.29. The van der Waals surface area contributed by atoms with Gasteiger partial charge in [-0.15, -0.1) is 0 Å². The fourth-order valence-corrected chi connectivity index (χ4v) is 1.21. The SMILES string of the molecule is CCC(C)(C)N1CC(=O)OC(=O)C1. The first-order valence-corrected chi connectivity index (χ1v) is 4.44. The zero-order valence-electron chi connectivity index (χ0n) is 8.29. The van der Waals surface area contributed by atoms with E-state index in [1.807, 2.05) is 25.7 Å². The van der Waals surface area contributed by atoms with E-state index in [2.05, 4.69) is 4.74 Å². The van der Waals surface area contributed by atoms with Gasteiger partial charge in [0.1, 0.15) is 0 Å². The van der Waals surface area contributed by atoms with Crippen LogP contribution in [0.5, 0.6) is 0 Å². The molecule has 1 rings (SSSR count). The minimum Gasteiger partial charge on any atom is -0.391 e. The molecule has 0 unspecified atom stereocenters. The van der Waals surface area contributed by atoms with E-state index >= 15 is 0 Å². The molecule has 0 N–H and O–H groups in total. The van der Waals surface area contributed by atoms with Crippen molar-refractivity contribution in [2.75, 3.05) is 13.1 Å². The third kappa shape index (κ3) is 2.28. The van der Waals surface area contributed by atoms with Gasteiger partial charge in [0, 0.05) is 5.54 Å². The number of carbonyl (C=O) groups is 2. The summed E-state index contributed by atoms with van der Waals surface area (Å²) < 4.78 is 4.44. The van der Waals surface area contributed by atoms with Gasteiger partial charge in [-0.3, -0.25) is 14.5 Å². The van der Waals surface area contributed by atoms with Crippen LogP contribution in [0, 0.1) is 0 Å². The Morgan fingerprint density at radius 3 is 2.15 bits per heavy atom. The van der Waals surface area contributed by atoms with E-state index in [4.69, 9.17) is 0 Å². The third-order valence-corrected chi connectivity index (χ3v) is 2.59. The predicted molar refractivity (Wildman–Crippen MR) is 47.0 cm³/mol. The molecule has 0 aromatic heterocycles. The van der Waals surface area contributed by atoms with Gasteiger partial charge in [-0.1, -0.05) is 6.92 Å². The average molecular weight is 185 g/mol. The molecule has 0 saturated carbocycles. The molecular weight excluding hydrogens is 170 g/mol. The van der Waals surface area contributed by atoms with Gasteiger partial charge in [0.25, 0.3) is 0 Å². The number of esters is 2. The second-order valence-electron chi connectivity index (χ2n) is 3.87. The maximum Gasteiger partial charge on any atom is 0.327 e. The Bertz CT molecular complexity index is 219. The predicted octanol–water partition coefficient (Wildman–Crippen LogP) is 0.560. The molecular formula is C9H15NO3. The van der Waals surface area contributed by atoms with E-state index in [0.717, 1.165) is 6.42 Å². The standard InChI is InChI=1S/C9H15NO3/c1-4-9(2,3)10-5-7(11)13-8(12)6-10/h4-6H2,1-3H3. The molecule has 0 spiro atoms. The van der Waals surface area contributed by atoms with Gasteiger partial charge >= 0.3 is 11.9 Å². The van der Waals surface area contributed by atoms with Crippen molar-refractivity contribution in [1.29, 1.82) is 0 Å². The second kappa shape index (κ2) is 3.46. The third-order valence-electron chi connectivity index (χ3n) is 2.59. The Hall–Kier alpha value is -0.900. The molecule has 0 aromatic rings. The van der Waals surface area contributed by atoms with Gasteiger partial charge < -0.3 is 4.74 Å². The summed E-state index contributed by atoms with van der Waals surface area (Å²) in [5, 5.41) is 0. The van der Waals surface area contributed by atoms with Gasteiger partial charge in [-0.25, -0.2) is 0 Å². The lowest BCUT2D eigenvalue weighted by Gasteiger charge is -2.38. The Kier molecular flexibility index (Phi) is 2.71. The Balaban J connectivity index is 2.70. The van der Waals surface area contributed by atoms with Crippen LogP contribution in [0.4, 0.5) is 0 Å². The molecule has 1 heterocycles. The van der Waals surface area contributed by atoms with Gasteiger partial charge in [0.2, 0.25) is 0 Å². The summed E-state index contributed by atoms with van der Waals surface area (Å²) in [5.41, 5.74) is -0.116. The first-order valence-electron chi connectivity index (χ1n) is 4.44. The summed E-state index contributed by atoms with van der Waals surface area (Å²) in [4.78, 5) is 23.8. The number of cyclic esters (lactones) is 2. The van der Waals surface area contributed by atoms with E-state index in [9.17, 15) is 9.59 Å². The Morgan fingerprint density at radius 1 is 1.31 bits per heavy atom. The van der Waals surface area contributed by atoms with Crippen LogP contribution < -0.4 is 0 Å². The summed E-state index contributed by atoms with van der Waals surface area (Å²) in [6, 6.07) is 0.